The summed E-state index contributed by atoms with van der Waals surface area (Å²) in [6, 6.07) is 2.04. The van der Waals surface area contributed by atoms with Crippen molar-refractivity contribution in [3.8, 4) is 11.5 Å². The first-order chi connectivity index (χ1) is 11.0. The van der Waals surface area contributed by atoms with E-state index in [-0.39, 0.29) is 11.5 Å². The van der Waals surface area contributed by atoms with E-state index in [1.807, 2.05) is 13.0 Å². The van der Waals surface area contributed by atoms with Gasteiger partial charge in [-0.3, -0.25) is 0 Å². The maximum Gasteiger partial charge on any atom is 0.511 e. The van der Waals surface area contributed by atoms with E-state index in [1.54, 1.807) is 0 Å². The van der Waals surface area contributed by atoms with Gasteiger partial charge in [0, 0.05) is 5.56 Å². The summed E-state index contributed by atoms with van der Waals surface area (Å²) in [6.07, 6.45) is 7.26. The Morgan fingerprint density at radius 3 is 2.22 bits per heavy atom. The van der Waals surface area contributed by atoms with Gasteiger partial charge in [-0.15, -0.1) is 0 Å². The summed E-state index contributed by atoms with van der Waals surface area (Å²) < 4.78 is 4.92. The molecule has 0 fully saturated rings. The summed E-state index contributed by atoms with van der Waals surface area (Å²) in [5.74, 6) is 0.156. The highest BCUT2D eigenvalue weighted by Gasteiger charge is 2.20. The molecule has 0 bridgehead atoms. The third-order valence-corrected chi connectivity index (χ3v) is 4.04. The van der Waals surface area contributed by atoms with Gasteiger partial charge in [0.15, 0.2) is 11.5 Å². The number of carboxylic acid groups (broad SMARTS) is 1. The number of hydrogen-bond acceptors (Lipinski definition) is 3. The van der Waals surface area contributed by atoms with Gasteiger partial charge in [-0.25, -0.2) is 4.79 Å². The van der Waals surface area contributed by atoms with E-state index in [2.05, 4.69) is 13.8 Å². The van der Waals surface area contributed by atoms with Gasteiger partial charge in [0.05, 0.1) is 0 Å². The highest BCUT2D eigenvalue weighted by molar-refractivity contribution is 5.66. The van der Waals surface area contributed by atoms with E-state index >= 15 is 0 Å². The molecule has 0 saturated heterocycles. The minimum absolute atomic E-state index is 0.0192. The number of ether oxygens (including phenoxy) is 1. The molecule has 4 heteroatoms. The van der Waals surface area contributed by atoms with E-state index < -0.39 is 6.16 Å². The lowest BCUT2D eigenvalue weighted by molar-refractivity contribution is 0.142. The molecule has 23 heavy (non-hydrogen) atoms. The Morgan fingerprint density at radius 1 is 0.957 bits per heavy atom. The second-order valence-corrected chi connectivity index (χ2v) is 6.03. The molecule has 0 aliphatic heterocycles. The van der Waals surface area contributed by atoms with Gasteiger partial charge in [-0.1, -0.05) is 58.9 Å². The molecule has 130 valence electrons. The molecule has 0 spiro atoms. The molecule has 2 N–H and O–H groups in total. The second kappa shape index (κ2) is 10.1. The predicted octanol–water partition coefficient (Wildman–Crippen LogP) is 5.48. The van der Waals surface area contributed by atoms with Crippen molar-refractivity contribution in [2.75, 3.05) is 0 Å². The van der Waals surface area contributed by atoms with Gasteiger partial charge in [0.25, 0.3) is 0 Å². The maximum atomic E-state index is 11.0. The van der Waals surface area contributed by atoms with Crippen LogP contribution >= 0.6 is 0 Å². The second-order valence-electron chi connectivity index (χ2n) is 6.03. The number of unbranched alkanes of at least 4 members (excludes halogenated alkanes) is 3. The number of aryl methyl sites for hydroxylation is 2. The fraction of sp³-hybridized carbons (Fsp3) is 0.632. The summed E-state index contributed by atoms with van der Waals surface area (Å²) >= 11 is 0. The quantitative estimate of drug-likeness (QED) is 0.340. The average Bonchev–Trinajstić information content (AvgIpc) is 2.51. The fourth-order valence-electron chi connectivity index (χ4n) is 2.95. The van der Waals surface area contributed by atoms with Crippen LogP contribution in [0.3, 0.4) is 0 Å². The Balaban J connectivity index is 3.19. The van der Waals surface area contributed by atoms with Crippen LogP contribution in [0.2, 0.25) is 0 Å². The van der Waals surface area contributed by atoms with Gasteiger partial charge in [-0.2, -0.15) is 0 Å². The van der Waals surface area contributed by atoms with Crippen LogP contribution in [0.4, 0.5) is 4.79 Å². The smallest absolute Gasteiger partial charge is 0.504 e. The third-order valence-electron chi connectivity index (χ3n) is 4.04. The average molecular weight is 322 g/mol. The van der Waals surface area contributed by atoms with E-state index in [9.17, 15) is 9.90 Å². The molecule has 0 atom stereocenters. The molecule has 0 amide bonds. The van der Waals surface area contributed by atoms with Crippen molar-refractivity contribution in [1.29, 1.82) is 0 Å². The molecule has 0 heterocycles. The number of carbonyl (C=O) groups is 1. The lowest BCUT2D eigenvalue weighted by Crippen LogP contribution is -2.08. The largest absolute Gasteiger partial charge is 0.511 e. The SMILES string of the molecule is CCCCCCc1cc(CCC)c(CCC)c(O)c1OC(=O)O. The summed E-state index contributed by atoms with van der Waals surface area (Å²) in [5, 5.41) is 19.6. The van der Waals surface area contributed by atoms with Crippen LogP contribution in [0.1, 0.15) is 76.0 Å². The van der Waals surface area contributed by atoms with E-state index in [4.69, 9.17) is 9.84 Å². The van der Waals surface area contributed by atoms with Gasteiger partial charge < -0.3 is 14.9 Å². The zero-order valence-electron chi connectivity index (χ0n) is 14.7. The van der Waals surface area contributed by atoms with Gasteiger partial charge >= 0.3 is 6.16 Å². The standard InChI is InChI=1S/C19H30O4/c1-4-7-8-9-12-15-13-14(10-5-2)16(11-6-3)17(20)18(15)23-19(21)22/h13,20H,4-12H2,1-3H3,(H,21,22). The van der Waals surface area contributed by atoms with Crippen molar-refractivity contribution in [1.82, 2.24) is 0 Å². The lowest BCUT2D eigenvalue weighted by Gasteiger charge is -2.17. The number of phenolic OH excluding ortho intramolecular Hbond substituents is 1. The van der Waals surface area contributed by atoms with E-state index in [0.717, 1.165) is 74.5 Å². The Kier molecular flexibility index (Phi) is 8.52. The van der Waals surface area contributed by atoms with Crippen molar-refractivity contribution < 1.29 is 19.7 Å². The van der Waals surface area contributed by atoms with Gasteiger partial charge in [-0.05, 0) is 36.8 Å². The number of benzene rings is 1. The number of hydrogen-bond donors (Lipinski definition) is 2. The highest BCUT2D eigenvalue weighted by atomic mass is 16.7. The molecular formula is C19H30O4. The molecular weight excluding hydrogens is 292 g/mol. The summed E-state index contributed by atoms with van der Waals surface area (Å²) in [5.41, 5.74) is 2.77. The highest BCUT2D eigenvalue weighted by Crippen LogP contribution is 2.38. The zero-order valence-corrected chi connectivity index (χ0v) is 14.7. The maximum absolute atomic E-state index is 11.0. The lowest BCUT2D eigenvalue weighted by atomic mass is 9.93. The molecule has 1 aromatic rings. The van der Waals surface area contributed by atoms with Crippen molar-refractivity contribution >= 4 is 6.16 Å². The van der Waals surface area contributed by atoms with Crippen LogP contribution in [-0.4, -0.2) is 16.4 Å². The Bertz CT molecular complexity index is 509. The fourth-order valence-corrected chi connectivity index (χ4v) is 2.95. The summed E-state index contributed by atoms with van der Waals surface area (Å²) in [6.45, 7) is 6.31. The minimum Gasteiger partial charge on any atom is -0.504 e. The molecule has 1 rings (SSSR count). The van der Waals surface area contributed by atoms with E-state index in [0.29, 0.717) is 0 Å². The van der Waals surface area contributed by atoms with Gasteiger partial charge in [0.2, 0.25) is 0 Å². The van der Waals surface area contributed by atoms with Gasteiger partial charge in [0.1, 0.15) is 0 Å². The van der Waals surface area contributed by atoms with Crippen LogP contribution in [0.15, 0.2) is 6.07 Å². The Hall–Kier alpha value is -1.71. The topological polar surface area (TPSA) is 66.8 Å². The van der Waals surface area contributed by atoms with Crippen molar-refractivity contribution in [2.24, 2.45) is 0 Å². The molecule has 0 unspecified atom stereocenters. The third kappa shape index (κ3) is 5.77. The first-order valence-electron chi connectivity index (χ1n) is 8.82. The minimum atomic E-state index is -1.37. The van der Waals surface area contributed by atoms with Crippen molar-refractivity contribution in [2.45, 2.75) is 78.6 Å². The number of phenols is 1. The Labute approximate surface area is 139 Å². The number of rotatable bonds is 10. The molecule has 0 aliphatic carbocycles. The van der Waals surface area contributed by atoms with Crippen molar-refractivity contribution in [3.05, 3.63) is 22.8 Å². The molecule has 1 aromatic carbocycles. The normalized spacial score (nSPS) is 10.7. The molecule has 0 aliphatic rings. The monoisotopic (exact) mass is 322 g/mol. The molecule has 0 saturated carbocycles. The molecule has 0 aromatic heterocycles. The van der Waals surface area contributed by atoms with Crippen LogP contribution in [0, 0.1) is 0 Å². The van der Waals surface area contributed by atoms with Crippen LogP contribution in [0.25, 0.3) is 0 Å². The summed E-state index contributed by atoms with van der Waals surface area (Å²) in [7, 11) is 0. The number of aromatic hydroxyl groups is 1. The first-order valence-corrected chi connectivity index (χ1v) is 8.82. The molecule has 0 radical (unpaired) electrons. The predicted molar refractivity (Wildman–Crippen MR) is 92.6 cm³/mol. The Morgan fingerprint density at radius 2 is 1.65 bits per heavy atom. The van der Waals surface area contributed by atoms with Crippen LogP contribution in [-0.2, 0) is 19.3 Å². The zero-order chi connectivity index (χ0) is 17.2. The molecule has 4 nitrogen and oxygen atoms in total. The van der Waals surface area contributed by atoms with Crippen LogP contribution < -0.4 is 4.74 Å². The van der Waals surface area contributed by atoms with E-state index in [1.165, 1.54) is 0 Å². The van der Waals surface area contributed by atoms with Crippen molar-refractivity contribution in [3.63, 3.8) is 0 Å². The first kappa shape index (κ1) is 19.3. The van der Waals surface area contributed by atoms with Crippen LogP contribution in [0.5, 0.6) is 11.5 Å². The summed E-state index contributed by atoms with van der Waals surface area (Å²) in [4.78, 5) is 11.0.